The lowest BCUT2D eigenvalue weighted by Gasteiger charge is -2.52. The van der Waals surface area contributed by atoms with Crippen LogP contribution in [0.2, 0.25) is 0 Å². The molecule has 266 valence electrons. The lowest BCUT2D eigenvalue weighted by Crippen LogP contribution is -2.59. The number of nitrogens with zero attached hydrogens (tertiary/aromatic N) is 3. The number of fused-ring (bicyclic) bond motifs is 1. The molecule has 7 nitrogen and oxygen atoms in total. The van der Waals surface area contributed by atoms with Crippen molar-refractivity contribution in [2.45, 2.75) is 23.2 Å². The minimum atomic E-state index is -0.839. The third-order valence-electron chi connectivity index (χ3n) is 11.3. The molecule has 3 heterocycles. The monoisotopic (exact) mass is 706 g/mol. The summed E-state index contributed by atoms with van der Waals surface area (Å²) in [7, 11) is 1.92. The normalized spacial score (nSPS) is 19.4. The summed E-state index contributed by atoms with van der Waals surface area (Å²) in [6.45, 7) is 1.13. The van der Waals surface area contributed by atoms with Crippen LogP contribution in [0.15, 0.2) is 194 Å². The molecule has 5 aromatic carbocycles. The molecule has 7 heteroatoms. The summed E-state index contributed by atoms with van der Waals surface area (Å²) >= 11 is 0. The van der Waals surface area contributed by atoms with E-state index < -0.39 is 11.1 Å². The Kier molecular flexibility index (Phi) is 8.66. The maximum absolute atomic E-state index is 14.9. The van der Waals surface area contributed by atoms with Crippen molar-refractivity contribution in [2.24, 2.45) is 0 Å². The van der Waals surface area contributed by atoms with Gasteiger partial charge in [-0.3, -0.25) is 14.7 Å². The summed E-state index contributed by atoms with van der Waals surface area (Å²) in [6, 6.07) is 54.9. The number of benzene rings is 5. The van der Waals surface area contributed by atoms with Gasteiger partial charge in [-0.1, -0.05) is 146 Å². The molecule has 3 atom stereocenters. The van der Waals surface area contributed by atoms with Gasteiger partial charge in [0.2, 0.25) is 0 Å². The molecule has 0 radical (unpaired) electrons. The van der Waals surface area contributed by atoms with Gasteiger partial charge in [-0.05, 0) is 53.6 Å². The summed E-state index contributed by atoms with van der Waals surface area (Å²) in [5, 5.41) is 10.6. The molecule has 1 saturated heterocycles. The predicted octanol–water partition coefficient (Wildman–Crippen LogP) is 7.74. The number of amides is 1. The Bertz CT molecular complexity index is 2220. The highest BCUT2D eigenvalue weighted by Gasteiger charge is 2.66. The molecule has 3 N–H and O–H groups in total. The Morgan fingerprint density at radius 3 is 1.93 bits per heavy atom. The highest BCUT2D eigenvalue weighted by molar-refractivity contribution is 6.00. The van der Waals surface area contributed by atoms with Crippen LogP contribution in [0.25, 0.3) is 0 Å². The molecule has 3 aliphatic rings. The van der Waals surface area contributed by atoms with Crippen LogP contribution in [-0.4, -0.2) is 42.1 Å². The zero-order valence-electron chi connectivity index (χ0n) is 30.1. The Morgan fingerprint density at radius 1 is 0.778 bits per heavy atom. The van der Waals surface area contributed by atoms with E-state index in [9.17, 15) is 4.79 Å². The fourth-order valence-corrected chi connectivity index (χ4v) is 9.12. The molecule has 9 rings (SSSR count). The van der Waals surface area contributed by atoms with Gasteiger partial charge >= 0.3 is 0 Å². The Balaban J connectivity index is 1.35. The molecule has 6 aromatic rings. The number of anilines is 2. The summed E-state index contributed by atoms with van der Waals surface area (Å²) in [6.07, 6.45) is 7.99. The Labute approximate surface area is 316 Å². The minimum absolute atomic E-state index is 0.129. The summed E-state index contributed by atoms with van der Waals surface area (Å²) in [5.74, 6) is -0.129. The van der Waals surface area contributed by atoms with Gasteiger partial charge in [-0.2, -0.15) is 0 Å². The molecule has 2 aliphatic heterocycles. The lowest BCUT2D eigenvalue weighted by atomic mass is 9.69. The van der Waals surface area contributed by atoms with Gasteiger partial charge in [0.1, 0.15) is 5.54 Å². The molecule has 3 unspecified atom stereocenters. The van der Waals surface area contributed by atoms with Gasteiger partial charge in [0, 0.05) is 35.9 Å². The van der Waals surface area contributed by atoms with Crippen molar-refractivity contribution >= 4 is 17.3 Å². The minimum Gasteiger partial charge on any atom is -0.356 e. The number of carbonyl (C=O) groups excluding carboxylic acids is 1. The zero-order valence-corrected chi connectivity index (χ0v) is 30.1. The number of aromatic nitrogens is 1. The van der Waals surface area contributed by atoms with Crippen LogP contribution in [-0.2, 0) is 15.9 Å². The van der Waals surface area contributed by atoms with Crippen LogP contribution in [0, 0.1) is 0 Å². The number of carbonyl (C=O) groups is 1. The molecular formula is C47H42N6O. The first-order valence-corrected chi connectivity index (χ1v) is 18.6. The predicted molar refractivity (Wildman–Crippen MR) is 216 cm³/mol. The molecular weight excluding hydrogens is 665 g/mol. The number of hydrogen-bond acceptors (Lipinski definition) is 6. The van der Waals surface area contributed by atoms with Crippen molar-refractivity contribution in [3.8, 4) is 0 Å². The van der Waals surface area contributed by atoms with E-state index >= 15 is 0 Å². The van der Waals surface area contributed by atoms with E-state index in [1.807, 2.05) is 43.7 Å². The molecule has 0 bridgehead atoms. The van der Waals surface area contributed by atoms with Crippen LogP contribution < -0.4 is 20.9 Å². The molecule has 1 aromatic heterocycles. The number of pyridine rings is 1. The standard InChI is InChI=1S/C47H42N6O/c1-48-32-42(34-16-6-2-7-17-34)51-45(54)39-26-27-43-47(40-24-14-15-25-41(40)50-44(39)47)53(33-52(43)38-28-30-49-31-29-38)46(35-18-8-3-9-19-35,36-20-10-4-11-21-36)37-22-12-5-13-23-37/h2-31,42-43,48,50H,32-33H2,1H3,(H,51,54). The first-order chi connectivity index (χ1) is 26.7. The third-order valence-corrected chi connectivity index (χ3v) is 11.3. The number of likely N-dealkylation sites (N-methyl/N-ethyl adjacent to an activating group) is 1. The SMILES string of the molecule is CNCC(NC(=O)C1=C2Nc3ccccc3C23C(C=C1)N(c1ccncc1)CN3C(c1ccccc1)(c1ccccc1)c1ccccc1)c1ccccc1. The zero-order chi connectivity index (χ0) is 36.5. The smallest absolute Gasteiger partial charge is 0.253 e. The van der Waals surface area contributed by atoms with Crippen molar-refractivity contribution in [3.05, 3.63) is 221 Å². The molecule has 1 amide bonds. The van der Waals surface area contributed by atoms with Crippen molar-refractivity contribution in [3.63, 3.8) is 0 Å². The van der Waals surface area contributed by atoms with Gasteiger partial charge in [0.05, 0.1) is 35.6 Å². The second kappa shape index (κ2) is 13.9. The average molecular weight is 707 g/mol. The number of para-hydroxylation sites is 1. The van der Waals surface area contributed by atoms with E-state index in [0.717, 1.165) is 44.9 Å². The van der Waals surface area contributed by atoms with Crippen molar-refractivity contribution in [1.29, 1.82) is 0 Å². The van der Waals surface area contributed by atoms with Crippen molar-refractivity contribution in [1.82, 2.24) is 20.5 Å². The number of hydrogen-bond donors (Lipinski definition) is 3. The molecule has 54 heavy (non-hydrogen) atoms. The first kappa shape index (κ1) is 33.5. The lowest BCUT2D eigenvalue weighted by molar-refractivity contribution is -0.118. The van der Waals surface area contributed by atoms with Crippen LogP contribution in [0.4, 0.5) is 11.4 Å². The molecule has 1 aliphatic carbocycles. The Morgan fingerprint density at radius 2 is 1.33 bits per heavy atom. The van der Waals surface area contributed by atoms with E-state index in [1.165, 1.54) is 0 Å². The highest BCUT2D eigenvalue weighted by Crippen LogP contribution is 2.62. The van der Waals surface area contributed by atoms with E-state index in [0.29, 0.717) is 18.8 Å². The summed E-state index contributed by atoms with van der Waals surface area (Å²) in [5.41, 5.74) is 7.46. The van der Waals surface area contributed by atoms with E-state index in [1.54, 1.807) is 0 Å². The largest absolute Gasteiger partial charge is 0.356 e. The van der Waals surface area contributed by atoms with Gasteiger partial charge < -0.3 is 20.9 Å². The average Bonchev–Trinajstić information content (AvgIpc) is 3.78. The fraction of sp³-hybridized carbons (Fsp3) is 0.149. The highest BCUT2D eigenvalue weighted by atomic mass is 16.1. The Hall–Kier alpha value is -6.28. The van der Waals surface area contributed by atoms with Crippen LogP contribution >= 0.6 is 0 Å². The second-order valence-corrected chi connectivity index (χ2v) is 14.1. The van der Waals surface area contributed by atoms with Crippen LogP contribution in [0.3, 0.4) is 0 Å². The first-order valence-electron chi connectivity index (χ1n) is 18.6. The molecule has 0 saturated carbocycles. The second-order valence-electron chi connectivity index (χ2n) is 14.1. The van der Waals surface area contributed by atoms with E-state index in [4.69, 9.17) is 0 Å². The summed E-state index contributed by atoms with van der Waals surface area (Å²) in [4.78, 5) is 24.4. The molecule has 1 spiro atoms. The maximum atomic E-state index is 14.9. The van der Waals surface area contributed by atoms with Gasteiger partial charge in [0.25, 0.3) is 5.91 Å². The quantitative estimate of drug-likeness (QED) is 0.127. The van der Waals surface area contributed by atoms with E-state index in [-0.39, 0.29) is 18.0 Å². The van der Waals surface area contributed by atoms with Crippen molar-refractivity contribution < 1.29 is 4.79 Å². The topological polar surface area (TPSA) is 72.5 Å². The van der Waals surface area contributed by atoms with Crippen LogP contribution in [0.1, 0.15) is 33.9 Å². The van der Waals surface area contributed by atoms with Gasteiger partial charge in [-0.25, -0.2) is 0 Å². The van der Waals surface area contributed by atoms with Crippen molar-refractivity contribution in [2.75, 3.05) is 30.5 Å². The molecule has 1 fully saturated rings. The fourth-order valence-electron chi connectivity index (χ4n) is 9.12. The third kappa shape index (κ3) is 5.19. The number of nitrogens with one attached hydrogen (secondary N) is 3. The van der Waals surface area contributed by atoms with Gasteiger partial charge in [-0.15, -0.1) is 0 Å². The number of rotatable bonds is 10. The maximum Gasteiger partial charge on any atom is 0.253 e. The van der Waals surface area contributed by atoms with Gasteiger partial charge in [0.15, 0.2) is 0 Å². The van der Waals surface area contributed by atoms with Crippen LogP contribution in [0.5, 0.6) is 0 Å². The van der Waals surface area contributed by atoms with E-state index in [2.05, 4.69) is 176 Å². The summed E-state index contributed by atoms with van der Waals surface area (Å²) < 4.78 is 0.